The third kappa shape index (κ3) is 3.13. The van der Waals surface area contributed by atoms with Crippen LogP contribution in [0.5, 0.6) is 0 Å². The van der Waals surface area contributed by atoms with Crippen LogP contribution in [0.2, 0.25) is 0 Å². The van der Waals surface area contributed by atoms with Gasteiger partial charge in [-0.15, -0.1) is 0 Å². The minimum absolute atomic E-state index is 0.376. The maximum absolute atomic E-state index is 9.57. The molecular weight excluding hydrogens is 204 g/mol. The van der Waals surface area contributed by atoms with E-state index in [2.05, 4.69) is 5.32 Å². The lowest BCUT2D eigenvalue weighted by molar-refractivity contribution is 0.0945. The Morgan fingerprint density at radius 1 is 1.38 bits per heavy atom. The number of hydrogen-bond donors (Lipinski definition) is 5. The van der Waals surface area contributed by atoms with E-state index in [0.717, 1.165) is 6.21 Å². The molecule has 0 atom stereocenters. The number of nitrogen functional groups attached to an aromatic ring is 2. The first-order valence-electron chi connectivity index (χ1n) is 4.99. The van der Waals surface area contributed by atoms with Crippen LogP contribution in [0.25, 0.3) is 0 Å². The molecule has 0 saturated heterocycles. The zero-order chi connectivity index (χ0) is 12.3. The number of aliphatic hydroxyl groups is 1. The van der Waals surface area contributed by atoms with Gasteiger partial charge >= 0.3 is 0 Å². The van der Waals surface area contributed by atoms with Gasteiger partial charge in [0.05, 0.1) is 17.0 Å². The van der Waals surface area contributed by atoms with Gasteiger partial charge in [-0.05, 0) is 26.0 Å². The number of nitrogens with two attached hydrogens (primary N) is 2. The number of rotatable bonds is 4. The van der Waals surface area contributed by atoms with E-state index in [9.17, 15) is 5.11 Å². The van der Waals surface area contributed by atoms with Crippen LogP contribution in [-0.2, 0) is 0 Å². The molecule has 0 spiro atoms. The molecule has 0 aliphatic carbocycles. The van der Waals surface area contributed by atoms with Gasteiger partial charge in [0.1, 0.15) is 0 Å². The highest BCUT2D eigenvalue weighted by atomic mass is 16.3. The maximum Gasteiger partial charge on any atom is 0.0763 e. The lowest BCUT2D eigenvalue weighted by Crippen LogP contribution is -2.29. The first-order chi connectivity index (χ1) is 7.33. The van der Waals surface area contributed by atoms with E-state index in [4.69, 9.17) is 16.9 Å². The summed E-state index contributed by atoms with van der Waals surface area (Å²) in [6, 6.07) is 3.30. The summed E-state index contributed by atoms with van der Waals surface area (Å²) in [7, 11) is 0. The van der Waals surface area contributed by atoms with Gasteiger partial charge in [-0.1, -0.05) is 0 Å². The first-order valence-corrected chi connectivity index (χ1v) is 4.99. The summed E-state index contributed by atoms with van der Waals surface area (Å²) in [6.45, 7) is 3.78. The van der Waals surface area contributed by atoms with Crippen molar-refractivity contribution in [1.29, 1.82) is 5.41 Å². The van der Waals surface area contributed by atoms with Crippen molar-refractivity contribution >= 4 is 23.3 Å². The van der Waals surface area contributed by atoms with Crippen LogP contribution < -0.4 is 16.8 Å². The Bertz CT molecular complexity index is 396. The van der Waals surface area contributed by atoms with Gasteiger partial charge in [0.25, 0.3) is 0 Å². The average molecular weight is 222 g/mol. The van der Waals surface area contributed by atoms with Gasteiger partial charge in [-0.3, -0.25) is 0 Å². The summed E-state index contributed by atoms with van der Waals surface area (Å²) in [6.07, 6.45) is 1.16. The Kier molecular flexibility index (Phi) is 3.39. The number of benzene rings is 1. The minimum Gasteiger partial charge on any atom is -0.398 e. The lowest BCUT2D eigenvalue weighted by atomic mass is 10.1. The smallest absolute Gasteiger partial charge is 0.0763 e. The summed E-state index contributed by atoms with van der Waals surface area (Å²) >= 11 is 0. The van der Waals surface area contributed by atoms with E-state index in [1.165, 1.54) is 0 Å². The number of hydrogen-bond acceptors (Lipinski definition) is 5. The SMILES string of the molecule is CC(C)(O)CNc1cc(N)c(C=N)cc1N. The van der Waals surface area contributed by atoms with Crippen molar-refractivity contribution in [1.82, 2.24) is 0 Å². The molecule has 0 radical (unpaired) electrons. The predicted octanol–water partition coefficient (Wildman–Crippen LogP) is 1.03. The van der Waals surface area contributed by atoms with Crippen LogP contribution in [0.3, 0.4) is 0 Å². The topological polar surface area (TPSA) is 108 Å². The van der Waals surface area contributed by atoms with E-state index < -0.39 is 5.60 Å². The summed E-state index contributed by atoms with van der Waals surface area (Å²) in [5, 5.41) is 19.7. The van der Waals surface area contributed by atoms with Crippen molar-refractivity contribution in [2.45, 2.75) is 19.4 Å². The van der Waals surface area contributed by atoms with Crippen LogP contribution in [-0.4, -0.2) is 23.5 Å². The maximum atomic E-state index is 9.57. The molecule has 0 unspecified atom stereocenters. The first kappa shape index (κ1) is 12.3. The van der Waals surface area contributed by atoms with Gasteiger partial charge in [0.15, 0.2) is 0 Å². The van der Waals surface area contributed by atoms with E-state index in [1.54, 1.807) is 26.0 Å². The van der Waals surface area contributed by atoms with Crippen LogP contribution in [0.1, 0.15) is 19.4 Å². The highest BCUT2D eigenvalue weighted by molar-refractivity contribution is 5.90. The monoisotopic (exact) mass is 222 g/mol. The zero-order valence-corrected chi connectivity index (χ0v) is 9.54. The van der Waals surface area contributed by atoms with Crippen molar-refractivity contribution < 1.29 is 5.11 Å². The van der Waals surface area contributed by atoms with E-state index in [-0.39, 0.29) is 0 Å². The Morgan fingerprint density at radius 3 is 2.50 bits per heavy atom. The number of anilines is 3. The van der Waals surface area contributed by atoms with Crippen LogP contribution in [0, 0.1) is 5.41 Å². The summed E-state index contributed by atoms with van der Waals surface area (Å²) in [4.78, 5) is 0. The molecule has 7 N–H and O–H groups in total. The summed E-state index contributed by atoms with van der Waals surface area (Å²) in [5.41, 5.74) is 13.0. The molecule has 0 aromatic heterocycles. The van der Waals surface area contributed by atoms with Gasteiger partial charge in [-0.2, -0.15) is 0 Å². The quantitative estimate of drug-likeness (QED) is 0.387. The fraction of sp³-hybridized carbons (Fsp3) is 0.364. The molecule has 5 heteroatoms. The Morgan fingerprint density at radius 2 is 2.00 bits per heavy atom. The second-order valence-electron chi connectivity index (χ2n) is 4.38. The second kappa shape index (κ2) is 4.40. The fourth-order valence-corrected chi connectivity index (χ4v) is 1.24. The van der Waals surface area contributed by atoms with Gasteiger partial charge < -0.3 is 27.3 Å². The molecule has 1 aromatic carbocycles. The molecule has 1 rings (SSSR count). The van der Waals surface area contributed by atoms with E-state index >= 15 is 0 Å². The molecule has 5 nitrogen and oxygen atoms in total. The molecule has 0 heterocycles. The highest BCUT2D eigenvalue weighted by Crippen LogP contribution is 2.25. The van der Waals surface area contributed by atoms with Crippen LogP contribution >= 0.6 is 0 Å². The minimum atomic E-state index is -0.818. The van der Waals surface area contributed by atoms with Crippen molar-refractivity contribution in [3.05, 3.63) is 17.7 Å². The van der Waals surface area contributed by atoms with Gasteiger partial charge in [-0.25, -0.2) is 0 Å². The second-order valence-corrected chi connectivity index (χ2v) is 4.38. The van der Waals surface area contributed by atoms with Crippen molar-refractivity contribution in [2.24, 2.45) is 0 Å². The van der Waals surface area contributed by atoms with Crippen LogP contribution in [0.15, 0.2) is 12.1 Å². The number of nitrogens with one attached hydrogen (secondary N) is 2. The molecule has 16 heavy (non-hydrogen) atoms. The van der Waals surface area contributed by atoms with Crippen molar-refractivity contribution in [2.75, 3.05) is 23.3 Å². The Labute approximate surface area is 95.0 Å². The fourth-order valence-electron chi connectivity index (χ4n) is 1.24. The van der Waals surface area contributed by atoms with Gasteiger partial charge in [0, 0.05) is 24.0 Å². The van der Waals surface area contributed by atoms with Gasteiger partial charge in [0.2, 0.25) is 0 Å². The van der Waals surface area contributed by atoms with E-state index in [1.807, 2.05) is 0 Å². The summed E-state index contributed by atoms with van der Waals surface area (Å²) in [5.74, 6) is 0. The predicted molar refractivity (Wildman–Crippen MR) is 67.9 cm³/mol. The molecule has 0 aliphatic rings. The molecule has 1 aromatic rings. The van der Waals surface area contributed by atoms with Crippen LogP contribution in [0.4, 0.5) is 17.1 Å². The highest BCUT2D eigenvalue weighted by Gasteiger charge is 2.13. The average Bonchev–Trinajstić information content (AvgIpc) is 2.17. The normalized spacial score (nSPS) is 11.2. The molecule has 0 fully saturated rings. The standard InChI is InChI=1S/C11H18N4O/c1-11(2,16)6-15-10-4-8(13)7(5-12)3-9(10)14/h3-5,12,15-16H,6,13-14H2,1-2H3. The zero-order valence-electron chi connectivity index (χ0n) is 9.54. The molecule has 0 aliphatic heterocycles. The molecule has 0 amide bonds. The third-order valence-electron chi connectivity index (χ3n) is 2.12. The van der Waals surface area contributed by atoms with Crippen molar-refractivity contribution in [3.63, 3.8) is 0 Å². The molecule has 0 saturated carbocycles. The largest absolute Gasteiger partial charge is 0.398 e. The molecule has 88 valence electrons. The summed E-state index contributed by atoms with van der Waals surface area (Å²) < 4.78 is 0. The van der Waals surface area contributed by atoms with Crippen molar-refractivity contribution in [3.8, 4) is 0 Å². The molecular formula is C11H18N4O. The van der Waals surface area contributed by atoms with E-state index in [0.29, 0.717) is 29.2 Å². The molecule has 0 bridgehead atoms. The third-order valence-corrected chi connectivity index (χ3v) is 2.12. The lowest BCUT2D eigenvalue weighted by Gasteiger charge is -2.20. The Balaban J connectivity index is 2.90. The Hall–Kier alpha value is -1.75.